The molecule has 0 amide bonds. The Bertz CT molecular complexity index is 2170. The molecule has 3 heteroatoms. The molecule has 9 rings (SSSR count). The van der Waals surface area contributed by atoms with Crippen LogP contribution in [-0.4, -0.2) is 4.57 Å². The zero-order valence-corrected chi connectivity index (χ0v) is 26.0. The van der Waals surface area contributed by atoms with Crippen LogP contribution >= 0.6 is 22.7 Å². The van der Waals surface area contributed by atoms with E-state index in [2.05, 4.69) is 133 Å². The van der Waals surface area contributed by atoms with Gasteiger partial charge in [-0.2, -0.15) is 0 Å². The normalized spacial score (nSPS) is 14.7. The standard InChI is InChI=1S/C40H31NS2/c1-40(2)32-15-7-6-13-29(32)30-18-17-28(24-33(30)40)41-34-23-27(35-19-20-37(43-35)36-16-9-21-42-36)22-26-12-8-14-31(38(26)34)39(41)25-10-4-3-5-11-25/h3-7,9-11,13,15-24H,8,12,14H2,1-2H3. The second kappa shape index (κ2) is 9.41. The van der Waals surface area contributed by atoms with E-state index in [-0.39, 0.29) is 5.41 Å². The first-order chi connectivity index (χ1) is 21.1. The highest BCUT2D eigenvalue weighted by Crippen LogP contribution is 2.50. The lowest BCUT2D eigenvalue weighted by Gasteiger charge is -2.22. The zero-order valence-electron chi connectivity index (χ0n) is 24.4. The van der Waals surface area contributed by atoms with E-state index in [0.717, 1.165) is 12.8 Å². The van der Waals surface area contributed by atoms with Crippen molar-refractivity contribution in [3.63, 3.8) is 0 Å². The third-order valence-electron chi connectivity index (χ3n) is 9.65. The predicted molar refractivity (Wildman–Crippen MR) is 185 cm³/mol. The smallest absolute Gasteiger partial charge is 0.0573 e. The Kier molecular flexibility index (Phi) is 5.54. The van der Waals surface area contributed by atoms with Crippen molar-refractivity contribution in [2.24, 2.45) is 0 Å². The number of aromatic nitrogens is 1. The molecular weight excluding hydrogens is 559 g/mol. The number of hydrogen-bond acceptors (Lipinski definition) is 2. The zero-order chi connectivity index (χ0) is 28.7. The van der Waals surface area contributed by atoms with Crippen LogP contribution in [-0.2, 0) is 18.3 Å². The molecule has 2 aliphatic rings. The van der Waals surface area contributed by atoms with Crippen LogP contribution in [0.4, 0.5) is 0 Å². The minimum Gasteiger partial charge on any atom is -0.309 e. The number of nitrogens with zero attached hydrogens (tertiary/aromatic N) is 1. The van der Waals surface area contributed by atoms with Crippen molar-refractivity contribution in [1.82, 2.24) is 4.57 Å². The fourth-order valence-electron chi connectivity index (χ4n) is 7.67. The molecule has 0 aliphatic heterocycles. The maximum absolute atomic E-state index is 2.59. The predicted octanol–water partition coefficient (Wildman–Crippen LogP) is 11.5. The molecule has 0 radical (unpaired) electrons. The Labute approximate surface area is 260 Å². The molecule has 0 saturated heterocycles. The van der Waals surface area contributed by atoms with Gasteiger partial charge in [-0.3, -0.25) is 0 Å². The van der Waals surface area contributed by atoms with E-state index in [1.807, 2.05) is 22.7 Å². The molecule has 43 heavy (non-hydrogen) atoms. The van der Waals surface area contributed by atoms with Gasteiger partial charge in [-0.15, -0.1) is 22.7 Å². The molecule has 0 unspecified atom stereocenters. The second-order valence-corrected chi connectivity index (χ2v) is 14.5. The lowest BCUT2D eigenvalue weighted by Crippen LogP contribution is -2.15. The van der Waals surface area contributed by atoms with Gasteiger partial charge in [0.2, 0.25) is 0 Å². The summed E-state index contributed by atoms with van der Waals surface area (Å²) in [6, 6.07) is 41.1. The highest BCUT2D eigenvalue weighted by atomic mass is 32.1. The van der Waals surface area contributed by atoms with Gasteiger partial charge in [0.15, 0.2) is 0 Å². The summed E-state index contributed by atoms with van der Waals surface area (Å²) in [5.41, 5.74) is 15.1. The van der Waals surface area contributed by atoms with Crippen LogP contribution in [0, 0.1) is 0 Å². The highest BCUT2D eigenvalue weighted by molar-refractivity contribution is 7.23. The van der Waals surface area contributed by atoms with E-state index in [4.69, 9.17) is 0 Å². The van der Waals surface area contributed by atoms with Crippen LogP contribution in [0.25, 0.3) is 59.2 Å². The van der Waals surface area contributed by atoms with E-state index in [9.17, 15) is 0 Å². The summed E-state index contributed by atoms with van der Waals surface area (Å²) < 4.78 is 2.59. The third kappa shape index (κ3) is 3.75. The van der Waals surface area contributed by atoms with Crippen LogP contribution in [0.2, 0.25) is 0 Å². The number of hydrogen-bond donors (Lipinski definition) is 0. The second-order valence-electron chi connectivity index (χ2n) is 12.5. The molecule has 0 bridgehead atoms. The summed E-state index contributed by atoms with van der Waals surface area (Å²) >= 11 is 3.73. The monoisotopic (exact) mass is 589 g/mol. The maximum atomic E-state index is 2.59. The van der Waals surface area contributed by atoms with Crippen molar-refractivity contribution >= 4 is 33.6 Å². The first kappa shape index (κ1) is 25.3. The quantitative estimate of drug-likeness (QED) is 0.192. The molecule has 0 saturated carbocycles. The van der Waals surface area contributed by atoms with Crippen LogP contribution in [0.15, 0.2) is 115 Å². The number of benzene rings is 4. The Morgan fingerprint density at radius 3 is 2.33 bits per heavy atom. The molecular formula is C40H31NS2. The first-order valence-electron chi connectivity index (χ1n) is 15.2. The van der Waals surface area contributed by atoms with Gasteiger partial charge in [0.25, 0.3) is 0 Å². The van der Waals surface area contributed by atoms with Gasteiger partial charge in [-0.05, 0) is 112 Å². The Balaban J connectivity index is 1.32. The molecule has 0 spiro atoms. The number of rotatable bonds is 4. The van der Waals surface area contributed by atoms with Crippen LogP contribution in [0.1, 0.15) is 42.5 Å². The SMILES string of the molecule is CC1(C)c2ccccc2-c2ccc(-n3c(-c4ccccc4)c4c5c(cc(-c6ccc(-c7cccs7)s6)cc53)CCC4)cc21. The van der Waals surface area contributed by atoms with E-state index in [1.165, 1.54) is 87.8 Å². The van der Waals surface area contributed by atoms with Crippen molar-refractivity contribution in [3.8, 4) is 48.3 Å². The topological polar surface area (TPSA) is 4.93 Å². The van der Waals surface area contributed by atoms with Crippen molar-refractivity contribution in [2.75, 3.05) is 0 Å². The summed E-state index contributed by atoms with van der Waals surface area (Å²) in [5.74, 6) is 0. The van der Waals surface area contributed by atoms with Crippen molar-refractivity contribution in [3.05, 3.63) is 137 Å². The highest BCUT2D eigenvalue weighted by Gasteiger charge is 2.36. The van der Waals surface area contributed by atoms with Crippen LogP contribution < -0.4 is 0 Å². The lowest BCUT2D eigenvalue weighted by atomic mass is 9.82. The van der Waals surface area contributed by atoms with E-state index in [1.54, 1.807) is 0 Å². The van der Waals surface area contributed by atoms with Crippen molar-refractivity contribution < 1.29 is 0 Å². The Hall–Kier alpha value is -4.18. The minimum absolute atomic E-state index is 0.0416. The summed E-state index contributed by atoms with van der Waals surface area (Å²) in [4.78, 5) is 4.03. The molecule has 1 nitrogen and oxygen atoms in total. The summed E-state index contributed by atoms with van der Waals surface area (Å²) in [5, 5.41) is 3.63. The number of fused-ring (bicyclic) bond motifs is 3. The van der Waals surface area contributed by atoms with E-state index >= 15 is 0 Å². The summed E-state index contributed by atoms with van der Waals surface area (Å²) in [7, 11) is 0. The van der Waals surface area contributed by atoms with Gasteiger partial charge < -0.3 is 4.57 Å². The van der Waals surface area contributed by atoms with Crippen molar-refractivity contribution in [1.29, 1.82) is 0 Å². The maximum Gasteiger partial charge on any atom is 0.0573 e. The molecule has 0 fully saturated rings. The molecule has 2 aliphatic carbocycles. The molecule has 208 valence electrons. The van der Waals surface area contributed by atoms with Crippen LogP contribution in [0.3, 0.4) is 0 Å². The Morgan fingerprint density at radius 2 is 1.47 bits per heavy atom. The largest absolute Gasteiger partial charge is 0.309 e. The van der Waals surface area contributed by atoms with E-state index < -0.39 is 0 Å². The van der Waals surface area contributed by atoms with Gasteiger partial charge in [0.05, 0.1) is 11.2 Å². The Morgan fingerprint density at radius 1 is 0.651 bits per heavy atom. The van der Waals surface area contributed by atoms with E-state index in [0.29, 0.717) is 0 Å². The first-order valence-corrected chi connectivity index (χ1v) is 16.9. The fraction of sp³-hybridized carbons (Fsp3) is 0.150. The van der Waals surface area contributed by atoms with Gasteiger partial charge in [0.1, 0.15) is 0 Å². The van der Waals surface area contributed by atoms with Crippen molar-refractivity contribution in [2.45, 2.75) is 38.5 Å². The van der Waals surface area contributed by atoms with Crippen LogP contribution in [0.5, 0.6) is 0 Å². The number of thiophene rings is 2. The molecule has 4 aromatic carbocycles. The fourth-order valence-corrected chi connectivity index (χ4v) is 9.49. The lowest BCUT2D eigenvalue weighted by molar-refractivity contribution is 0.660. The molecule has 0 N–H and O–H groups in total. The van der Waals surface area contributed by atoms with Gasteiger partial charge in [-0.1, -0.05) is 80.6 Å². The van der Waals surface area contributed by atoms with Gasteiger partial charge >= 0.3 is 0 Å². The summed E-state index contributed by atoms with van der Waals surface area (Å²) in [6.45, 7) is 4.76. The molecule has 3 heterocycles. The van der Waals surface area contributed by atoms with Gasteiger partial charge in [0, 0.05) is 31.1 Å². The summed E-state index contributed by atoms with van der Waals surface area (Å²) in [6.07, 6.45) is 3.43. The van der Waals surface area contributed by atoms with Gasteiger partial charge in [-0.25, -0.2) is 0 Å². The minimum atomic E-state index is -0.0416. The molecule has 7 aromatic rings. The number of aryl methyl sites for hydroxylation is 2. The molecule has 0 atom stereocenters. The molecule has 3 aromatic heterocycles. The average molecular weight is 590 g/mol. The third-order valence-corrected chi connectivity index (χ3v) is 11.9. The average Bonchev–Trinajstić information content (AvgIpc) is 3.84.